The van der Waals surface area contributed by atoms with E-state index in [1.54, 1.807) is 17.4 Å². The van der Waals surface area contributed by atoms with Crippen molar-refractivity contribution in [1.82, 2.24) is 0 Å². The molecule has 0 aliphatic carbocycles. The number of para-hydroxylation sites is 1. The molecule has 7 rings (SSSR count). The van der Waals surface area contributed by atoms with E-state index in [0.717, 1.165) is 69.2 Å². The Morgan fingerprint density at radius 1 is 0.568 bits per heavy atom. The lowest BCUT2D eigenvalue weighted by molar-refractivity contribution is -0.132. The third kappa shape index (κ3) is 15.2. The molecular weight excluding hydrogens is 981 g/mol. The zero-order valence-electron chi connectivity index (χ0n) is 46.0. The van der Waals surface area contributed by atoms with E-state index >= 15 is 0 Å². The molecule has 5 heterocycles. The largest absolute Gasteiger partial charge is 0.486 e. The predicted molar refractivity (Wildman–Crippen MR) is 327 cm³/mol. The van der Waals surface area contributed by atoms with Gasteiger partial charge >= 0.3 is 5.97 Å². The molecule has 1 atom stereocenters. The van der Waals surface area contributed by atoms with Gasteiger partial charge in [0.1, 0.15) is 0 Å². The zero-order chi connectivity index (χ0) is 52.2. The maximum atomic E-state index is 12.1. The van der Waals surface area contributed by atoms with Gasteiger partial charge in [0.2, 0.25) is 0 Å². The fourth-order valence-corrected chi connectivity index (χ4v) is 16.1. The number of hydrogen-bond donors (Lipinski definition) is 1. The second-order valence-electron chi connectivity index (χ2n) is 21.1. The minimum atomic E-state index is -1.15. The van der Waals surface area contributed by atoms with Crippen LogP contribution in [0.15, 0.2) is 72.4 Å². The van der Waals surface area contributed by atoms with Crippen molar-refractivity contribution in [1.29, 1.82) is 0 Å². The zero-order valence-corrected chi connectivity index (χ0v) is 49.2. The smallest absolute Gasteiger partial charge is 0.333 e. The molecular formula is C66H86N2O2S4. The van der Waals surface area contributed by atoms with Crippen LogP contribution in [0.4, 0.5) is 11.4 Å². The number of benzene rings is 2. The normalized spacial score (nSPS) is 13.0. The quantitative estimate of drug-likeness (QED) is 0.0260. The molecule has 396 valence electrons. The molecule has 4 nitrogen and oxygen atoms in total. The first kappa shape index (κ1) is 57.4. The van der Waals surface area contributed by atoms with Crippen LogP contribution in [-0.2, 0) is 43.3 Å². The van der Waals surface area contributed by atoms with Crippen LogP contribution in [0.5, 0.6) is 0 Å². The van der Waals surface area contributed by atoms with Crippen molar-refractivity contribution in [3.8, 4) is 39.7 Å². The first-order chi connectivity index (χ1) is 36.2. The summed E-state index contributed by atoms with van der Waals surface area (Å²) >= 11 is 7.68. The van der Waals surface area contributed by atoms with Crippen LogP contribution in [0.3, 0.4) is 0 Å². The summed E-state index contributed by atoms with van der Waals surface area (Å²) < 4.78 is 0. The van der Waals surface area contributed by atoms with E-state index in [4.69, 9.17) is 6.57 Å². The summed E-state index contributed by atoms with van der Waals surface area (Å²) in [5.74, 6) is -0.485. The van der Waals surface area contributed by atoms with Crippen LogP contribution in [0, 0.1) is 12.5 Å². The maximum Gasteiger partial charge on any atom is 0.333 e. The van der Waals surface area contributed by atoms with Gasteiger partial charge in [0.25, 0.3) is 5.70 Å². The second-order valence-corrected chi connectivity index (χ2v) is 25.3. The Morgan fingerprint density at radius 3 is 1.57 bits per heavy atom. The topological polar surface area (TPSA) is 44.9 Å². The van der Waals surface area contributed by atoms with Crippen molar-refractivity contribution in [2.45, 2.75) is 208 Å². The highest BCUT2D eigenvalue weighted by Crippen LogP contribution is 2.51. The molecule has 1 aliphatic heterocycles. The van der Waals surface area contributed by atoms with E-state index in [-0.39, 0.29) is 5.70 Å². The number of fused-ring (bicyclic) bond motifs is 2. The van der Waals surface area contributed by atoms with Gasteiger partial charge in [-0.2, -0.15) is 0 Å². The molecule has 1 N–H and O–H groups in total. The van der Waals surface area contributed by atoms with Gasteiger partial charge in [-0.15, -0.1) is 45.3 Å². The highest BCUT2D eigenvalue weighted by molar-refractivity contribution is 7.29. The molecule has 2 aromatic carbocycles. The summed E-state index contributed by atoms with van der Waals surface area (Å²) in [5.41, 5.74) is 12.5. The number of carbonyl (C=O) groups is 1. The van der Waals surface area contributed by atoms with Crippen LogP contribution in [0.1, 0.15) is 208 Å². The van der Waals surface area contributed by atoms with E-state index in [9.17, 15) is 9.90 Å². The van der Waals surface area contributed by atoms with Gasteiger partial charge in [0, 0.05) is 56.9 Å². The highest BCUT2D eigenvalue weighted by Gasteiger charge is 2.26. The van der Waals surface area contributed by atoms with Gasteiger partial charge in [-0.3, -0.25) is 4.79 Å². The monoisotopic (exact) mass is 1070 g/mol. The van der Waals surface area contributed by atoms with Crippen LogP contribution < -0.4 is 4.90 Å². The summed E-state index contributed by atoms with van der Waals surface area (Å²) in [6, 6.07) is 26.7. The van der Waals surface area contributed by atoms with Gasteiger partial charge < -0.3 is 10.0 Å². The Labute approximate surface area is 463 Å². The third-order valence-electron chi connectivity index (χ3n) is 15.3. The number of nitrogens with zero attached hydrogens (tertiary/aromatic N) is 2. The molecule has 0 fully saturated rings. The standard InChI is InChI=1S/C66H86N2O2S4/c1-8-14-19-23-31-50-41-60(71-59(50)45-55(67-7)66(69)70)63-53(33-25-21-16-10-3)43-62(73-63)65-54(34-26-22-17-11-4)44-61(74-65)64-52(32-24-20-15-9-2)42-58(72-64)51-38-39-57-49(40-51)37-36-48-30-27-28-35-56(48)68(57)46-47(13-6)29-18-12-5/h27-28,30,35,38-45,47H,8-26,29,31-34,36-37,46H2,1-6H3,(H,69,70)/b55-45-. The molecule has 1 aliphatic rings. The number of hydrogen-bond acceptors (Lipinski definition) is 6. The first-order valence-corrected chi connectivity index (χ1v) is 32.3. The van der Waals surface area contributed by atoms with Crippen molar-refractivity contribution in [2.24, 2.45) is 5.92 Å². The van der Waals surface area contributed by atoms with Gasteiger partial charge in [-0.1, -0.05) is 162 Å². The van der Waals surface area contributed by atoms with Crippen molar-refractivity contribution < 1.29 is 9.90 Å². The lowest BCUT2D eigenvalue weighted by Gasteiger charge is -2.31. The second kappa shape index (κ2) is 29.9. The Kier molecular flexibility index (Phi) is 23.2. The molecule has 0 bridgehead atoms. The number of rotatable bonds is 32. The Morgan fingerprint density at radius 2 is 1.04 bits per heavy atom. The molecule has 6 aromatic rings. The Hall–Kier alpha value is -4.26. The van der Waals surface area contributed by atoms with Crippen molar-refractivity contribution in [3.63, 3.8) is 0 Å². The average Bonchev–Trinajstić information content (AvgIpc) is 4.22. The van der Waals surface area contributed by atoms with Crippen LogP contribution in [0.2, 0.25) is 0 Å². The van der Waals surface area contributed by atoms with E-state index < -0.39 is 5.97 Å². The molecule has 0 radical (unpaired) electrons. The number of carboxylic acid groups (broad SMARTS) is 1. The van der Waals surface area contributed by atoms with E-state index in [0.29, 0.717) is 5.92 Å². The fraction of sp³-hybridized carbons (Fsp3) is 0.515. The SMILES string of the molecule is [C-]#[N+]/C(=C\c1sc(-c2sc(-c3sc(-c4sc(-c5ccc6c(c5)CCc5ccccc5N6CC(CC)CCCC)cc4CCCCCC)cc3CCCCCC)cc2CCCCCC)cc1CCCCCC)C(=O)O. The van der Waals surface area contributed by atoms with Crippen LogP contribution in [-0.4, -0.2) is 17.6 Å². The molecule has 1 unspecified atom stereocenters. The maximum absolute atomic E-state index is 12.1. The van der Waals surface area contributed by atoms with E-state index in [1.807, 2.05) is 34.0 Å². The number of anilines is 2. The van der Waals surface area contributed by atoms with E-state index in [1.165, 1.54) is 194 Å². The molecule has 4 aromatic heterocycles. The number of unbranched alkanes of at least 4 members (excludes halogenated alkanes) is 13. The van der Waals surface area contributed by atoms with E-state index in [2.05, 4.69) is 118 Å². The van der Waals surface area contributed by atoms with Gasteiger partial charge in [-0.05, 0) is 164 Å². The summed E-state index contributed by atoms with van der Waals surface area (Å²) in [7, 11) is 0. The Balaban J connectivity index is 1.31. The predicted octanol–water partition coefficient (Wildman–Crippen LogP) is 21.9. The summed E-state index contributed by atoms with van der Waals surface area (Å²) in [5, 5.41) is 9.92. The molecule has 0 saturated heterocycles. The molecule has 74 heavy (non-hydrogen) atoms. The number of aliphatic carboxylic acids is 1. The minimum Gasteiger partial charge on any atom is -0.486 e. The highest BCUT2D eigenvalue weighted by atomic mass is 32.1. The van der Waals surface area contributed by atoms with Crippen molar-refractivity contribution >= 4 is 68.8 Å². The van der Waals surface area contributed by atoms with Crippen molar-refractivity contribution in [2.75, 3.05) is 11.4 Å². The molecule has 0 spiro atoms. The fourth-order valence-electron chi connectivity index (χ4n) is 10.9. The van der Waals surface area contributed by atoms with Gasteiger partial charge in [-0.25, -0.2) is 4.85 Å². The summed E-state index contributed by atoms with van der Waals surface area (Å²) in [4.78, 5) is 28.8. The average molecular weight is 1070 g/mol. The number of thiophene rings is 4. The molecule has 8 heteroatoms. The lowest BCUT2D eigenvalue weighted by atomic mass is 9.97. The lowest BCUT2D eigenvalue weighted by Crippen LogP contribution is -2.25. The Bertz CT molecular complexity index is 2770. The first-order valence-electron chi connectivity index (χ1n) is 29.1. The summed E-state index contributed by atoms with van der Waals surface area (Å²) in [6.07, 6.45) is 32.3. The third-order valence-corrected chi connectivity index (χ3v) is 20.6. The number of carboxylic acids is 1. The molecule has 0 saturated carbocycles. The van der Waals surface area contributed by atoms with Crippen LogP contribution in [0.25, 0.3) is 50.6 Å². The van der Waals surface area contributed by atoms with Gasteiger partial charge in [0.05, 0.1) is 6.57 Å². The number of aryl methyl sites for hydroxylation is 6. The van der Waals surface area contributed by atoms with Gasteiger partial charge in [0.15, 0.2) is 0 Å². The van der Waals surface area contributed by atoms with Crippen molar-refractivity contribution in [3.05, 3.63) is 122 Å². The molecule has 0 amide bonds. The minimum absolute atomic E-state index is 0.210. The van der Waals surface area contributed by atoms with Crippen LogP contribution >= 0.6 is 45.3 Å². The summed E-state index contributed by atoms with van der Waals surface area (Å²) in [6.45, 7) is 22.6.